The molecule has 0 saturated heterocycles. The van der Waals surface area contributed by atoms with Gasteiger partial charge in [-0.1, -0.05) is 0 Å². The van der Waals surface area contributed by atoms with Crippen LogP contribution in [-0.2, 0) is 19.6 Å². The van der Waals surface area contributed by atoms with Crippen LogP contribution >= 0.6 is 37.2 Å². The van der Waals surface area contributed by atoms with E-state index >= 15 is 0 Å². The molecule has 0 amide bonds. The molecule has 1 rings (SSSR count). The predicted octanol–water partition coefficient (Wildman–Crippen LogP) is 2.84. The van der Waals surface area contributed by atoms with Crippen molar-refractivity contribution in [3.05, 3.63) is 28.8 Å². The SMILES string of the molecule is CN(C)Cc1cc(CN(C)C)c(O)c(CN(C)C)c1.Cl.Cl.Cl. The third-order valence-electron chi connectivity index (χ3n) is 2.80. The summed E-state index contributed by atoms with van der Waals surface area (Å²) in [7, 11) is 12.2. The van der Waals surface area contributed by atoms with E-state index < -0.39 is 0 Å². The van der Waals surface area contributed by atoms with Gasteiger partial charge in [-0.15, -0.1) is 37.2 Å². The lowest BCUT2D eigenvalue weighted by molar-refractivity contribution is 0.365. The standard InChI is InChI=1S/C15H27N3O.3ClH/c1-16(2)9-12-7-13(10-17(3)4)15(19)14(8-12)11-18(5)6;;;/h7-8,19H,9-11H2,1-6H3;3*1H. The van der Waals surface area contributed by atoms with Crippen LogP contribution in [0.15, 0.2) is 12.1 Å². The molecule has 1 aromatic rings. The lowest BCUT2D eigenvalue weighted by Gasteiger charge is -2.19. The first-order valence-electron chi connectivity index (χ1n) is 6.57. The van der Waals surface area contributed by atoms with Crippen molar-refractivity contribution in [2.45, 2.75) is 19.6 Å². The molecule has 0 radical (unpaired) electrons. The summed E-state index contributed by atoms with van der Waals surface area (Å²) in [6.07, 6.45) is 0. The molecule has 1 aromatic carbocycles. The van der Waals surface area contributed by atoms with E-state index in [2.05, 4.69) is 40.9 Å². The summed E-state index contributed by atoms with van der Waals surface area (Å²) in [6, 6.07) is 4.21. The molecule has 132 valence electrons. The van der Waals surface area contributed by atoms with Crippen molar-refractivity contribution in [2.75, 3.05) is 42.3 Å². The van der Waals surface area contributed by atoms with Crippen molar-refractivity contribution >= 4 is 37.2 Å². The Hall–Kier alpha value is -0.230. The second-order valence-electron chi connectivity index (χ2n) is 5.98. The number of phenolic OH excluding ortho intramolecular Hbond substituents is 1. The number of halogens is 3. The fourth-order valence-electron chi connectivity index (χ4n) is 2.21. The van der Waals surface area contributed by atoms with E-state index in [0.717, 1.165) is 30.8 Å². The van der Waals surface area contributed by atoms with E-state index in [0.29, 0.717) is 5.75 Å². The van der Waals surface area contributed by atoms with Crippen molar-refractivity contribution in [1.82, 2.24) is 14.7 Å². The number of rotatable bonds is 6. The van der Waals surface area contributed by atoms with E-state index in [4.69, 9.17) is 0 Å². The Morgan fingerprint density at radius 2 is 1.00 bits per heavy atom. The Balaban J connectivity index is -0.00000120. The van der Waals surface area contributed by atoms with E-state index in [1.165, 1.54) is 5.56 Å². The Labute approximate surface area is 153 Å². The van der Waals surface area contributed by atoms with Gasteiger partial charge in [-0.2, -0.15) is 0 Å². The highest BCUT2D eigenvalue weighted by Gasteiger charge is 2.12. The van der Waals surface area contributed by atoms with Gasteiger partial charge in [0.2, 0.25) is 0 Å². The maximum absolute atomic E-state index is 10.4. The third-order valence-corrected chi connectivity index (χ3v) is 2.80. The Morgan fingerprint density at radius 3 is 1.27 bits per heavy atom. The number of aromatic hydroxyl groups is 1. The molecular weight excluding hydrogens is 345 g/mol. The number of hydrogen-bond acceptors (Lipinski definition) is 4. The number of hydrogen-bond donors (Lipinski definition) is 1. The van der Waals surface area contributed by atoms with Crippen LogP contribution in [0.5, 0.6) is 5.75 Å². The van der Waals surface area contributed by atoms with Crippen LogP contribution in [0.1, 0.15) is 16.7 Å². The highest BCUT2D eigenvalue weighted by atomic mass is 35.5. The first-order valence-corrected chi connectivity index (χ1v) is 6.57. The summed E-state index contributed by atoms with van der Waals surface area (Å²) < 4.78 is 0. The molecule has 22 heavy (non-hydrogen) atoms. The van der Waals surface area contributed by atoms with Gasteiger partial charge in [0.15, 0.2) is 0 Å². The summed E-state index contributed by atoms with van der Waals surface area (Å²) in [6.45, 7) is 2.40. The van der Waals surface area contributed by atoms with Gasteiger partial charge < -0.3 is 19.8 Å². The van der Waals surface area contributed by atoms with Gasteiger partial charge in [0.05, 0.1) is 0 Å². The zero-order valence-electron chi connectivity index (χ0n) is 14.3. The number of nitrogens with zero attached hydrogens (tertiary/aromatic N) is 3. The molecule has 0 unspecified atom stereocenters. The largest absolute Gasteiger partial charge is 0.507 e. The van der Waals surface area contributed by atoms with Crippen molar-refractivity contribution in [2.24, 2.45) is 0 Å². The van der Waals surface area contributed by atoms with E-state index in [1.54, 1.807) is 0 Å². The lowest BCUT2D eigenvalue weighted by atomic mass is 10.0. The summed E-state index contributed by atoms with van der Waals surface area (Å²) in [5, 5.41) is 10.4. The Bertz CT molecular complexity index is 395. The minimum absolute atomic E-state index is 0. The normalized spacial score (nSPS) is 10.2. The predicted molar refractivity (Wildman–Crippen MR) is 102 cm³/mol. The fourth-order valence-corrected chi connectivity index (χ4v) is 2.21. The first kappa shape index (κ1) is 26.7. The van der Waals surface area contributed by atoms with Crippen molar-refractivity contribution in [3.63, 3.8) is 0 Å². The summed E-state index contributed by atoms with van der Waals surface area (Å²) >= 11 is 0. The smallest absolute Gasteiger partial charge is 0.124 e. The summed E-state index contributed by atoms with van der Waals surface area (Å²) in [5.74, 6) is 0.435. The highest BCUT2D eigenvalue weighted by Crippen LogP contribution is 2.27. The third kappa shape index (κ3) is 9.03. The van der Waals surface area contributed by atoms with Crippen LogP contribution in [-0.4, -0.2) is 62.1 Å². The second-order valence-corrected chi connectivity index (χ2v) is 5.98. The molecular formula is C15H30Cl3N3O. The molecule has 0 heterocycles. The minimum atomic E-state index is 0. The van der Waals surface area contributed by atoms with Crippen molar-refractivity contribution < 1.29 is 5.11 Å². The molecule has 0 saturated carbocycles. The maximum Gasteiger partial charge on any atom is 0.124 e. The molecule has 0 bridgehead atoms. The zero-order chi connectivity index (χ0) is 14.6. The molecule has 0 aromatic heterocycles. The van der Waals surface area contributed by atoms with Crippen LogP contribution in [0.3, 0.4) is 0 Å². The van der Waals surface area contributed by atoms with Gasteiger partial charge in [-0.25, -0.2) is 0 Å². The molecule has 0 spiro atoms. The minimum Gasteiger partial charge on any atom is -0.507 e. The molecule has 0 fully saturated rings. The quantitative estimate of drug-likeness (QED) is 0.829. The summed E-state index contributed by atoms with van der Waals surface area (Å²) in [5.41, 5.74) is 3.25. The van der Waals surface area contributed by atoms with Gasteiger partial charge in [-0.3, -0.25) is 0 Å². The van der Waals surface area contributed by atoms with Gasteiger partial charge in [-0.05, 0) is 60.0 Å². The zero-order valence-corrected chi connectivity index (χ0v) is 16.7. The van der Waals surface area contributed by atoms with Gasteiger partial charge in [0.1, 0.15) is 5.75 Å². The maximum atomic E-state index is 10.4. The van der Waals surface area contributed by atoms with Crippen LogP contribution in [0.4, 0.5) is 0 Å². The number of phenols is 1. The van der Waals surface area contributed by atoms with Gasteiger partial charge in [0, 0.05) is 30.8 Å². The second kappa shape index (κ2) is 12.2. The topological polar surface area (TPSA) is 30.0 Å². The van der Waals surface area contributed by atoms with E-state index in [-0.39, 0.29) is 37.2 Å². The first-order chi connectivity index (χ1) is 8.79. The Kier molecular flexibility index (Phi) is 14.8. The average Bonchev–Trinajstić information content (AvgIpc) is 2.22. The molecule has 0 aliphatic rings. The van der Waals surface area contributed by atoms with Crippen LogP contribution in [0, 0.1) is 0 Å². The lowest BCUT2D eigenvalue weighted by Crippen LogP contribution is -2.16. The molecule has 0 atom stereocenters. The van der Waals surface area contributed by atoms with Crippen molar-refractivity contribution in [3.8, 4) is 5.75 Å². The average molecular weight is 375 g/mol. The van der Waals surface area contributed by atoms with Crippen LogP contribution < -0.4 is 0 Å². The van der Waals surface area contributed by atoms with Crippen molar-refractivity contribution in [1.29, 1.82) is 0 Å². The molecule has 0 aliphatic carbocycles. The van der Waals surface area contributed by atoms with E-state index in [9.17, 15) is 5.11 Å². The molecule has 1 N–H and O–H groups in total. The number of benzene rings is 1. The van der Waals surface area contributed by atoms with Crippen LogP contribution in [0.25, 0.3) is 0 Å². The Morgan fingerprint density at radius 1 is 0.682 bits per heavy atom. The van der Waals surface area contributed by atoms with E-state index in [1.807, 2.05) is 28.2 Å². The monoisotopic (exact) mass is 373 g/mol. The molecule has 7 heteroatoms. The highest BCUT2D eigenvalue weighted by molar-refractivity contribution is 5.86. The van der Waals surface area contributed by atoms with Gasteiger partial charge >= 0.3 is 0 Å². The van der Waals surface area contributed by atoms with Crippen LogP contribution in [0.2, 0.25) is 0 Å². The summed E-state index contributed by atoms with van der Waals surface area (Å²) in [4.78, 5) is 6.30. The molecule has 4 nitrogen and oxygen atoms in total. The fraction of sp³-hybridized carbons (Fsp3) is 0.600. The van der Waals surface area contributed by atoms with Gasteiger partial charge in [0.25, 0.3) is 0 Å². The molecule has 0 aliphatic heterocycles.